The predicted octanol–water partition coefficient (Wildman–Crippen LogP) is 2.31. The maximum atomic E-state index is 12.4. The molecule has 1 aromatic carbocycles. The fraction of sp³-hybridized carbons (Fsp3) is 0.529. The SMILES string of the molecule is CC(=O)N[C@H]1CCN(C(=O)Nc2cccc3c2CCCC3)C1. The molecule has 22 heavy (non-hydrogen) atoms. The van der Waals surface area contributed by atoms with Crippen LogP contribution in [0.15, 0.2) is 18.2 Å². The average molecular weight is 301 g/mol. The number of urea groups is 1. The van der Waals surface area contributed by atoms with Crippen LogP contribution in [0, 0.1) is 0 Å². The third-order valence-corrected chi connectivity index (χ3v) is 4.52. The van der Waals surface area contributed by atoms with Gasteiger partial charge in [0.1, 0.15) is 0 Å². The Labute approximate surface area is 131 Å². The molecule has 5 heteroatoms. The Morgan fingerprint density at radius 3 is 2.86 bits per heavy atom. The lowest BCUT2D eigenvalue weighted by molar-refractivity contribution is -0.119. The molecule has 1 heterocycles. The number of nitrogens with zero attached hydrogens (tertiary/aromatic N) is 1. The first kappa shape index (κ1) is 14.9. The normalized spacial score (nSPS) is 20.4. The maximum absolute atomic E-state index is 12.4. The molecule has 118 valence electrons. The molecule has 2 aliphatic rings. The van der Waals surface area contributed by atoms with Gasteiger partial charge < -0.3 is 15.5 Å². The second kappa shape index (κ2) is 6.38. The molecule has 0 radical (unpaired) electrons. The number of carbonyl (C=O) groups is 2. The lowest BCUT2D eigenvalue weighted by Gasteiger charge is -2.22. The zero-order valence-corrected chi connectivity index (χ0v) is 13.0. The molecular weight excluding hydrogens is 278 g/mol. The van der Waals surface area contributed by atoms with Gasteiger partial charge in [0.15, 0.2) is 0 Å². The molecule has 0 aromatic heterocycles. The number of nitrogens with one attached hydrogen (secondary N) is 2. The minimum absolute atomic E-state index is 0.0376. The highest BCUT2D eigenvalue weighted by molar-refractivity contribution is 5.90. The van der Waals surface area contributed by atoms with E-state index >= 15 is 0 Å². The summed E-state index contributed by atoms with van der Waals surface area (Å²) in [6.45, 7) is 2.78. The molecule has 1 aliphatic carbocycles. The van der Waals surface area contributed by atoms with E-state index in [0.717, 1.165) is 24.9 Å². The Bertz CT molecular complexity index is 585. The number of amides is 3. The molecule has 1 fully saturated rings. The van der Waals surface area contributed by atoms with E-state index in [2.05, 4.69) is 16.7 Å². The van der Waals surface area contributed by atoms with Crippen LogP contribution in [-0.4, -0.2) is 36.0 Å². The van der Waals surface area contributed by atoms with Crippen LogP contribution in [0.25, 0.3) is 0 Å². The van der Waals surface area contributed by atoms with Gasteiger partial charge in [-0.15, -0.1) is 0 Å². The van der Waals surface area contributed by atoms with Crippen molar-refractivity contribution in [1.82, 2.24) is 10.2 Å². The van der Waals surface area contributed by atoms with Crippen molar-refractivity contribution >= 4 is 17.6 Å². The van der Waals surface area contributed by atoms with Gasteiger partial charge in [0.25, 0.3) is 0 Å². The van der Waals surface area contributed by atoms with Crippen molar-refractivity contribution < 1.29 is 9.59 Å². The highest BCUT2D eigenvalue weighted by Crippen LogP contribution is 2.28. The van der Waals surface area contributed by atoms with Gasteiger partial charge in [0, 0.05) is 31.7 Å². The molecular formula is C17H23N3O2. The fourth-order valence-electron chi connectivity index (χ4n) is 3.44. The zero-order valence-electron chi connectivity index (χ0n) is 13.0. The van der Waals surface area contributed by atoms with Crippen molar-refractivity contribution in [2.75, 3.05) is 18.4 Å². The maximum Gasteiger partial charge on any atom is 0.321 e. The summed E-state index contributed by atoms with van der Waals surface area (Å²) in [5, 5.41) is 5.94. The number of rotatable bonds is 2. The first-order valence-corrected chi connectivity index (χ1v) is 8.07. The number of hydrogen-bond donors (Lipinski definition) is 2. The van der Waals surface area contributed by atoms with Crippen molar-refractivity contribution in [2.24, 2.45) is 0 Å². The number of anilines is 1. The van der Waals surface area contributed by atoms with E-state index in [1.807, 2.05) is 12.1 Å². The number of carbonyl (C=O) groups excluding carboxylic acids is 2. The smallest absolute Gasteiger partial charge is 0.321 e. The van der Waals surface area contributed by atoms with Crippen molar-refractivity contribution in [3.63, 3.8) is 0 Å². The van der Waals surface area contributed by atoms with E-state index in [1.165, 1.54) is 30.9 Å². The van der Waals surface area contributed by atoms with Gasteiger partial charge in [-0.3, -0.25) is 4.79 Å². The number of likely N-dealkylation sites (tertiary alicyclic amines) is 1. The Morgan fingerprint density at radius 2 is 2.05 bits per heavy atom. The Hall–Kier alpha value is -2.04. The summed E-state index contributed by atoms with van der Waals surface area (Å²) < 4.78 is 0. The lowest BCUT2D eigenvalue weighted by Crippen LogP contribution is -2.39. The van der Waals surface area contributed by atoms with E-state index in [4.69, 9.17) is 0 Å². The van der Waals surface area contributed by atoms with E-state index in [0.29, 0.717) is 13.1 Å². The lowest BCUT2D eigenvalue weighted by atomic mass is 9.90. The third-order valence-electron chi connectivity index (χ3n) is 4.52. The van der Waals surface area contributed by atoms with Crippen LogP contribution in [0.4, 0.5) is 10.5 Å². The first-order chi connectivity index (χ1) is 10.6. The average Bonchev–Trinajstić information content (AvgIpc) is 2.95. The van der Waals surface area contributed by atoms with E-state index in [-0.39, 0.29) is 18.0 Å². The van der Waals surface area contributed by atoms with Crippen LogP contribution in [0.1, 0.15) is 37.3 Å². The summed E-state index contributed by atoms with van der Waals surface area (Å²) in [7, 11) is 0. The summed E-state index contributed by atoms with van der Waals surface area (Å²) in [4.78, 5) is 25.3. The summed E-state index contributed by atoms with van der Waals surface area (Å²) >= 11 is 0. The fourth-order valence-corrected chi connectivity index (χ4v) is 3.44. The molecule has 0 spiro atoms. The Morgan fingerprint density at radius 1 is 1.23 bits per heavy atom. The standard InChI is InChI=1S/C17H23N3O2/c1-12(21)18-14-9-10-20(11-14)17(22)19-16-8-4-6-13-5-2-3-7-15(13)16/h4,6,8,14H,2-3,5,7,9-11H2,1H3,(H,18,21)(H,19,22)/t14-/m0/s1. The molecule has 5 nitrogen and oxygen atoms in total. The topological polar surface area (TPSA) is 61.4 Å². The minimum atomic E-state index is -0.0631. The number of aryl methyl sites for hydroxylation is 1. The molecule has 3 rings (SSSR count). The number of hydrogen-bond acceptors (Lipinski definition) is 2. The third kappa shape index (κ3) is 3.24. The number of benzene rings is 1. The quantitative estimate of drug-likeness (QED) is 0.880. The van der Waals surface area contributed by atoms with Crippen molar-refractivity contribution in [3.8, 4) is 0 Å². The molecule has 0 saturated carbocycles. The van der Waals surface area contributed by atoms with E-state index in [9.17, 15) is 9.59 Å². The monoisotopic (exact) mass is 301 g/mol. The highest BCUT2D eigenvalue weighted by atomic mass is 16.2. The first-order valence-electron chi connectivity index (χ1n) is 8.07. The van der Waals surface area contributed by atoms with E-state index < -0.39 is 0 Å². The van der Waals surface area contributed by atoms with Gasteiger partial charge in [-0.25, -0.2) is 4.79 Å². The molecule has 1 saturated heterocycles. The largest absolute Gasteiger partial charge is 0.352 e. The van der Waals surface area contributed by atoms with Crippen LogP contribution in [0.3, 0.4) is 0 Å². The van der Waals surface area contributed by atoms with Crippen molar-refractivity contribution in [3.05, 3.63) is 29.3 Å². The molecule has 1 atom stereocenters. The summed E-state index contributed by atoms with van der Waals surface area (Å²) in [6.07, 6.45) is 5.39. The van der Waals surface area contributed by atoms with Crippen LogP contribution in [0.5, 0.6) is 0 Å². The predicted molar refractivity (Wildman–Crippen MR) is 85.9 cm³/mol. The van der Waals surface area contributed by atoms with Crippen LogP contribution < -0.4 is 10.6 Å². The van der Waals surface area contributed by atoms with Gasteiger partial charge in [-0.05, 0) is 49.3 Å². The van der Waals surface area contributed by atoms with Crippen LogP contribution in [-0.2, 0) is 17.6 Å². The summed E-state index contributed by atoms with van der Waals surface area (Å²) in [5.74, 6) is -0.0376. The molecule has 0 bridgehead atoms. The van der Waals surface area contributed by atoms with Gasteiger partial charge in [-0.2, -0.15) is 0 Å². The van der Waals surface area contributed by atoms with Gasteiger partial charge in [0.2, 0.25) is 5.91 Å². The van der Waals surface area contributed by atoms with Gasteiger partial charge in [-0.1, -0.05) is 12.1 Å². The zero-order chi connectivity index (χ0) is 15.5. The Kier molecular flexibility index (Phi) is 4.32. The second-order valence-electron chi connectivity index (χ2n) is 6.21. The molecule has 0 unspecified atom stereocenters. The number of fused-ring (bicyclic) bond motifs is 1. The van der Waals surface area contributed by atoms with E-state index in [1.54, 1.807) is 4.90 Å². The minimum Gasteiger partial charge on any atom is -0.352 e. The van der Waals surface area contributed by atoms with Gasteiger partial charge >= 0.3 is 6.03 Å². The molecule has 1 aliphatic heterocycles. The molecule has 3 amide bonds. The summed E-state index contributed by atoms with van der Waals surface area (Å²) in [6, 6.07) is 6.18. The van der Waals surface area contributed by atoms with Crippen molar-refractivity contribution in [1.29, 1.82) is 0 Å². The second-order valence-corrected chi connectivity index (χ2v) is 6.21. The van der Waals surface area contributed by atoms with Gasteiger partial charge in [0.05, 0.1) is 0 Å². The molecule has 2 N–H and O–H groups in total. The Balaban J connectivity index is 1.64. The van der Waals surface area contributed by atoms with Crippen LogP contribution in [0.2, 0.25) is 0 Å². The van der Waals surface area contributed by atoms with Crippen molar-refractivity contribution in [2.45, 2.75) is 45.1 Å². The van der Waals surface area contributed by atoms with Crippen LogP contribution >= 0.6 is 0 Å². The molecule has 1 aromatic rings. The highest BCUT2D eigenvalue weighted by Gasteiger charge is 2.27. The summed E-state index contributed by atoms with van der Waals surface area (Å²) in [5.41, 5.74) is 3.60.